The lowest BCUT2D eigenvalue weighted by Gasteiger charge is -2.16. The third-order valence-electron chi connectivity index (χ3n) is 4.51. The number of aromatic hydroxyl groups is 2. The Morgan fingerprint density at radius 2 is 1.45 bits per heavy atom. The number of ketones is 2. The fraction of sp³-hybridized carbons (Fsp3) is 0.0909. The van der Waals surface area contributed by atoms with Gasteiger partial charge in [-0.25, -0.2) is 0 Å². The van der Waals surface area contributed by atoms with Gasteiger partial charge in [0, 0.05) is 31.2 Å². The largest absolute Gasteiger partial charge is 0.508 e. The van der Waals surface area contributed by atoms with Gasteiger partial charge in [0.05, 0.1) is 10.9 Å². The number of phenolic OH excluding ortho intramolecular Hbond substituents is 2. The second-order valence-electron chi connectivity index (χ2n) is 6.72. The van der Waals surface area contributed by atoms with E-state index in [2.05, 4.69) is 0 Å². The summed E-state index contributed by atoms with van der Waals surface area (Å²) in [6.45, 7) is 2.24. The van der Waals surface area contributed by atoms with Gasteiger partial charge in [0.2, 0.25) is 11.6 Å². The number of Topliss-reactive ketones (excluding diaryl/α,β-unsaturated/α-hetero) is 2. The molecule has 9 nitrogen and oxygen atoms in total. The Hall–Kier alpha value is -4.40. The van der Waals surface area contributed by atoms with E-state index in [-0.39, 0.29) is 44.4 Å². The molecular formula is C22H14O9. The number of ether oxygens (including phenoxy) is 2. The van der Waals surface area contributed by atoms with Crippen molar-refractivity contribution >= 4 is 46.6 Å². The molecule has 31 heavy (non-hydrogen) atoms. The van der Waals surface area contributed by atoms with Crippen LogP contribution in [0.15, 0.2) is 28.7 Å². The standard InChI is InChI=1S/C22H14O9/c1-9(23)29-21-17(11-3-5-12(25)6-4-11)19(28)20-18(22(21)30-10(2)24)13-7-14(26)15(27)8-16(13)31-20/h3-8,25,28H,1-2H3. The number of carbonyl (C=O) groups excluding carboxylic acids is 4. The first-order chi connectivity index (χ1) is 14.7. The van der Waals surface area contributed by atoms with Crippen molar-refractivity contribution in [2.45, 2.75) is 13.8 Å². The van der Waals surface area contributed by atoms with Gasteiger partial charge in [0.1, 0.15) is 11.2 Å². The normalized spacial score (nSPS) is 12.7. The summed E-state index contributed by atoms with van der Waals surface area (Å²) >= 11 is 0. The highest BCUT2D eigenvalue weighted by Gasteiger charge is 2.30. The maximum atomic E-state index is 11.9. The fourth-order valence-electron chi connectivity index (χ4n) is 3.32. The van der Waals surface area contributed by atoms with E-state index in [1.54, 1.807) is 0 Å². The smallest absolute Gasteiger partial charge is 0.308 e. The van der Waals surface area contributed by atoms with Crippen LogP contribution in [-0.2, 0) is 19.2 Å². The Bertz CT molecular complexity index is 1420. The predicted octanol–water partition coefficient (Wildman–Crippen LogP) is 1.07. The SMILES string of the molecule is CC(=O)Oc1c(-c2ccc(O)cc2)c(O)c2oc3c(c2c1OC(C)=O)=CC(=O)C(=O)C=3. The van der Waals surface area contributed by atoms with Crippen molar-refractivity contribution in [1.82, 2.24) is 0 Å². The molecule has 156 valence electrons. The van der Waals surface area contributed by atoms with Gasteiger partial charge >= 0.3 is 11.9 Å². The van der Waals surface area contributed by atoms with Crippen molar-refractivity contribution < 1.29 is 43.3 Å². The van der Waals surface area contributed by atoms with Crippen molar-refractivity contribution in [2.24, 2.45) is 0 Å². The second-order valence-corrected chi connectivity index (χ2v) is 6.72. The molecule has 4 rings (SSSR count). The molecule has 0 unspecified atom stereocenters. The van der Waals surface area contributed by atoms with Crippen LogP contribution in [0.2, 0.25) is 0 Å². The van der Waals surface area contributed by atoms with Gasteiger partial charge < -0.3 is 24.1 Å². The van der Waals surface area contributed by atoms with Crippen molar-refractivity contribution in [3.63, 3.8) is 0 Å². The fourth-order valence-corrected chi connectivity index (χ4v) is 3.32. The van der Waals surface area contributed by atoms with Crippen LogP contribution in [0.1, 0.15) is 13.8 Å². The summed E-state index contributed by atoms with van der Waals surface area (Å²) in [7, 11) is 0. The number of phenols is 2. The minimum atomic E-state index is -0.833. The number of hydrogen-bond donors (Lipinski definition) is 2. The monoisotopic (exact) mass is 422 g/mol. The van der Waals surface area contributed by atoms with Crippen molar-refractivity contribution in [3.8, 4) is 34.1 Å². The highest BCUT2D eigenvalue weighted by Crippen LogP contribution is 2.50. The van der Waals surface area contributed by atoms with Gasteiger partial charge in [0.25, 0.3) is 0 Å². The molecule has 0 aliphatic heterocycles. The maximum absolute atomic E-state index is 11.9. The summed E-state index contributed by atoms with van der Waals surface area (Å²) in [5.41, 5.74) is 0.0363. The molecule has 1 aliphatic rings. The molecule has 0 spiro atoms. The van der Waals surface area contributed by atoms with Gasteiger partial charge in [-0.2, -0.15) is 0 Å². The lowest BCUT2D eigenvalue weighted by atomic mass is 9.99. The number of carbonyl (C=O) groups is 4. The van der Waals surface area contributed by atoms with E-state index in [1.807, 2.05) is 0 Å². The zero-order valence-corrected chi connectivity index (χ0v) is 16.2. The average Bonchev–Trinajstić information content (AvgIpc) is 3.04. The number of furan rings is 1. The zero-order chi connectivity index (χ0) is 22.4. The molecule has 0 bridgehead atoms. The van der Waals surface area contributed by atoms with Crippen LogP contribution in [0.4, 0.5) is 0 Å². The lowest BCUT2D eigenvalue weighted by Crippen LogP contribution is -2.30. The number of rotatable bonds is 3. The van der Waals surface area contributed by atoms with Crippen LogP contribution < -0.4 is 20.1 Å². The van der Waals surface area contributed by atoms with Gasteiger partial charge in [-0.3, -0.25) is 19.2 Å². The van der Waals surface area contributed by atoms with E-state index in [0.717, 1.165) is 26.0 Å². The summed E-state index contributed by atoms with van der Waals surface area (Å²) in [4.78, 5) is 47.4. The molecule has 9 heteroatoms. The molecular weight excluding hydrogens is 408 g/mol. The first kappa shape index (κ1) is 19.9. The third-order valence-corrected chi connectivity index (χ3v) is 4.51. The van der Waals surface area contributed by atoms with Gasteiger partial charge in [0.15, 0.2) is 22.8 Å². The maximum Gasteiger partial charge on any atom is 0.308 e. The van der Waals surface area contributed by atoms with Gasteiger partial charge in [-0.05, 0) is 17.7 Å². The number of fused-ring (bicyclic) bond motifs is 3. The summed E-state index contributed by atoms with van der Waals surface area (Å²) < 4.78 is 16.2. The topological polar surface area (TPSA) is 140 Å². The molecule has 2 N–H and O–H groups in total. The molecule has 1 aliphatic carbocycles. The average molecular weight is 422 g/mol. The molecule has 0 amide bonds. The first-order valence-corrected chi connectivity index (χ1v) is 8.96. The minimum Gasteiger partial charge on any atom is -0.508 e. The van der Waals surface area contributed by atoms with Crippen LogP contribution in [0.25, 0.3) is 34.2 Å². The van der Waals surface area contributed by atoms with E-state index < -0.39 is 29.3 Å². The van der Waals surface area contributed by atoms with Crippen molar-refractivity contribution in [2.75, 3.05) is 0 Å². The number of esters is 2. The number of benzene rings is 2. The van der Waals surface area contributed by atoms with Crippen LogP contribution in [0, 0.1) is 0 Å². The first-order valence-electron chi connectivity index (χ1n) is 8.96. The quantitative estimate of drug-likeness (QED) is 0.360. The van der Waals surface area contributed by atoms with E-state index in [4.69, 9.17) is 13.9 Å². The molecule has 0 saturated heterocycles. The summed E-state index contributed by atoms with van der Waals surface area (Å²) in [5.74, 6) is -4.29. The summed E-state index contributed by atoms with van der Waals surface area (Å²) in [6, 6.07) is 5.56. The highest BCUT2D eigenvalue weighted by atomic mass is 16.6. The van der Waals surface area contributed by atoms with Crippen LogP contribution in [0.5, 0.6) is 23.0 Å². The summed E-state index contributed by atoms with van der Waals surface area (Å²) in [5, 5.41) is 20.7. The molecule has 1 aromatic heterocycles. The van der Waals surface area contributed by atoms with Crippen molar-refractivity contribution in [3.05, 3.63) is 34.9 Å². The molecule has 3 aromatic rings. The molecule has 0 radical (unpaired) electrons. The number of hydrogen-bond acceptors (Lipinski definition) is 9. The predicted molar refractivity (Wildman–Crippen MR) is 106 cm³/mol. The lowest BCUT2D eigenvalue weighted by molar-refractivity contribution is -0.134. The van der Waals surface area contributed by atoms with E-state index in [1.165, 1.54) is 24.3 Å². The van der Waals surface area contributed by atoms with Crippen LogP contribution >= 0.6 is 0 Å². The Morgan fingerprint density at radius 1 is 0.871 bits per heavy atom. The van der Waals surface area contributed by atoms with E-state index in [0.29, 0.717) is 5.56 Å². The Kier molecular flexibility index (Phi) is 4.58. The summed E-state index contributed by atoms with van der Waals surface area (Å²) in [6.07, 6.45) is 1.95. The molecule has 0 fully saturated rings. The Morgan fingerprint density at radius 3 is 2.06 bits per heavy atom. The van der Waals surface area contributed by atoms with E-state index in [9.17, 15) is 29.4 Å². The molecule has 0 atom stereocenters. The molecule has 0 saturated carbocycles. The van der Waals surface area contributed by atoms with Crippen LogP contribution in [-0.4, -0.2) is 33.7 Å². The Labute approximate surface area is 173 Å². The Balaban J connectivity index is 2.23. The third kappa shape index (κ3) is 3.31. The second kappa shape index (κ2) is 7.13. The van der Waals surface area contributed by atoms with Crippen LogP contribution in [0.3, 0.4) is 0 Å². The minimum absolute atomic E-state index is 0.0152. The van der Waals surface area contributed by atoms with Gasteiger partial charge in [-0.1, -0.05) is 12.1 Å². The zero-order valence-electron chi connectivity index (χ0n) is 16.2. The molecule has 1 heterocycles. The van der Waals surface area contributed by atoms with Crippen molar-refractivity contribution in [1.29, 1.82) is 0 Å². The van der Waals surface area contributed by atoms with E-state index >= 15 is 0 Å². The highest BCUT2D eigenvalue weighted by molar-refractivity contribution is 6.57. The molecule has 2 aromatic carbocycles. The van der Waals surface area contributed by atoms with Gasteiger partial charge in [-0.15, -0.1) is 0 Å².